The van der Waals surface area contributed by atoms with E-state index in [1.807, 2.05) is 11.8 Å². The number of rotatable bonds is 6. The van der Waals surface area contributed by atoms with Crippen LogP contribution >= 0.6 is 0 Å². The Kier molecular flexibility index (Phi) is 6.95. The summed E-state index contributed by atoms with van der Waals surface area (Å²) in [5, 5.41) is 5.58. The van der Waals surface area contributed by atoms with Gasteiger partial charge in [0, 0.05) is 43.5 Å². The van der Waals surface area contributed by atoms with Crippen molar-refractivity contribution in [3.8, 4) is 5.75 Å². The maximum absolute atomic E-state index is 12.7. The molecular formula is C21H25N5O4. The molecular weight excluding hydrogens is 386 g/mol. The van der Waals surface area contributed by atoms with Gasteiger partial charge in [-0.25, -0.2) is 9.97 Å². The molecule has 0 radical (unpaired) electrons. The number of carbonyl (C=O) groups is 3. The first kappa shape index (κ1) is 21.2. The quantitative estimate of drug-likeness (QED) is 0.750. The number of hydrogen-bond donors (Lipinski definition) is 2. The van der Waals surface area contributed by atoms with Crippen LogP contribution in [0.1, 0.15) is 47.0 Å². The van der Waals surface area contributed by atoms with E-state index >= 15 is 0 Å². The molecule has 0 bridgehead atoms. The number of nitrogens with zero attached hydrogens (tertiary/aromatic N) is 3. The maximum Gasteiger partial charge on any atom is 0.273 e. The van der Waals surface area contributed by atoms with E-state index in [2.05, 4.69) is 20.6 Å². The number of piperidine rings is 1. The zero-order valence-corrected chi connectivity index (χ0v) is 17.1. The van der Waals surface area contributed by atoms with Gasteiger partial charge in [-0.15, -0.1) is 0 Å². The Morgan fingerprint density at radius 1 is 1.07 bits per heavy atom. The SMILES string of the molecule is CCC(=O)N1CCC(NC(=O)c2nccnc2NC(=O)c2ccc(OC)cc2)CC1. The first-order valence-electron chi connectivity index (χ1n) is 9.86. The molecule has 158 valence electrons. The van der Waals surface area contributed by atoms with Crippen LogP contribution in [0.3, 0.4) is 0 Å². The van der Waals surface area contributed by atoms with E-state index in [9.17, 15) is 14.4 Å². The summed E-state index contributed by atoms with van der Waals surface area (Å²) in [6.45, 7) is 3.06. The number of hydrogen-bond acceptors (Lipinski definition) is 6. The van der Waals surface area contributed by atoms with Crippen molar-refractivity contribution in [2.45, 2.75) is 32.2 Å². The molecule has 0 unspecified atom stereocenters. The molecule has 1 aliphatic heterocycles. The molecule has 9 nitrogen and oxygen atoms in total. The van der Waals surface area contributed by atoms with Crippen molar-refractivity contribution in [1.82, 2.24) is 20.2 Å². The predicted molar refractivity (Wildman–Crippen MR) is 110 cm³/mol. The standard InChI is InChI=1S/C21H25N5O4/c1-3-17(27)26-12-8-15(9-13-26)24-21(29)18-19(23-11-10-22-18)25-20(28)14-4-6-16(30-2)7-5-14/h4-7,10-11,15H,3,8-9,12-13H2,1-2H3,(H,24,29)(H,23,25,28). The highest BCUT2D eigenvalue weighted by atomic mass is 16.5. The third-order valence-electron chi connectivity index (χ3n) is 4.98. The van der Waals surface area contributed by atoms with Crippen molar-refractivity contribution in [2.75, 3.05) is 25.5 Å². The number of methoxy groups -OCH3 is 1. The topological polar surface area (TPSA) is 114 Å². The lowest BCUT2D eigenvalue weighted by Gasteiger charge is -2.32. The largest absolute Gasteiger partial charge is 0.497 e. The molecule has 2 N–H and O–H groups in total. The van der Waals surface area contributed by atoms with Crippen molar-refractivity contribution in [1.29, 1.82) is 0 Å². The maximum atomic E-state index is 12.7. The lowest BCUT2D eigenvalue weighted by molar-refractivity contribution is -0.131. The van der Waals surface area contributed by atoms with E-state index in [4.69, 9.17) is 4.74 Å². The second-order valence-electron chi connectivity index (χ2n) is 6.92. The van der Waals surface area contributed by atoms with Crippen molar-refractivity contribution in [2.24, 2.45) is 0 Å². The number of carbonyl (C=O) groups excluding carboxylic acids is 3. The Balaban J connectivity index is 1.63. The number of ether oxygens (including phenoxy) is 1. The smallest absolute Gasteiger partial charge is 0.273 e. The highest BCUT2D eigenvalue weighted by molar-refractivity contribution is 6.07. The Morgan fingerprint density at radius 3 is 2.37 bits per heavy atom. The van der Waals surface area contributed by atoms with E-state index in [-0.39, 0.29) is 23.5 Å². The first-order valence-corrected chi connectivity index (χ1v) is 9.86. The van der Waals surface area contributed by atoms with Crippen LogP contribution < -0.4 is 15.4 Å². The summed E-state index contributed by atoms with van der Waals surface area (Å²) in [6.07, 6.45) is 4.64. The van der Waals surface area contributed by atoms with Gasteiger partial charge in [-0.2, -0.15) is 0 Å². The molecule has 1 fully saturated rings. The summed E-state index contributed by atoms with van der Waals surface area (Å²) in [5.74, 6) is 0.0384. The second-order valence-corrected chi connectivity index (χ2v) is 6.92. The highest BCUT2D eigenvalue weighted by Crippen LogP contribution is 2.16. The van der Waals surface area contributed by atoms with E-state index in [1.165, 1.54) is 12.4 Å². The number of likely N-dealkylation sites (tertiary alicyclic amines) is 1. The fourth-order valence-corrected chi connectivity index (χ4v) is 3.27. The van der Waals surface area contributed by atoms with Crippen LogP contribution in [0.5, 0.6) is 5.75 Å². The molecule has 2 aromatic rings. The Bertz CT molecular complexity index is 908. The molecule has 0 saturated carbocycles. The van der Waals surface area contributed by atoms with Gasteiger partial charge < -0.3 is 20.3 Å². The van der Waals surface area contributed by atoms with E-state index in [0.29, 0.717) is 43.7 Å². The van der Waals surface area contributed by atoms with Crippen LogP contribution in [-0.4, -0.2) is 58.8 Å². The summed E-state index contributed by atoms with van der Waals surface area (Å²) in [7, 11) is 1.55. The summed E-state index contributed by atoms with van der Waals surface area (Å²) < 4.78 is 5.09. The van der Waals surface area contributed by atoms with Crippen LogP contribution in [-0.2, 0) is 4.79 Å². The fourth-order valence-electron chi connectivity index (χ4n) is 3.27. The van der Waals surface area contributed by atoms with Gasteiger partial charge in [0.15, 0.2) is 11.5 Å². The van der Waals surface area contributed by atoms with Crippen LogP contribution in [0.15, 0.2) is 36.7 Å². The monoisotopic (exact) mass is 411 g/mol. The Labute approximate surface area is 174 Å². The lowest BCUT2D eigenvalue weighted by Crippen LogP contribution is -2.46. The molecule has 1 saturated heterocycles. The van der Waals surface area contributed by atoms with E-state index < -0.39 is 11.8 Å². The second kappa shape index (κ2) is 9.82. The van der Waals surface area contributed by atoms with E-state index in [0.717, 1.165) is 0 Å². The third-order valence-corrected chi connectivity index (χ3v) is 4.98. The van der Waals surface area contributed by atoms with Crippen molar-refractivity contribution >= 4 is 23.5 Å². The lowest BCUT2D eigenvalue weighted by atomic mass is 10.0. The van der Waals surface area contributed by atoms with Gasteiger partial charge >= 0.3 is 0 Å². The number of amides is 3. The summed E-state index contributed by atoms with van der Waals surface area (Å²) >= 11 is 0. The average molecular weight is 411 g/mol. The zero-order chi connectivity index (χ0) is 21.5. The number of benzene rings is 1. The molecule has 9 heteroatoms. The fraction of sp³-hybridized carbons (Fsp3) is 0.381. The van der Waals surface area contributed by atoms with Gasteiger partial charge in [0.25, 0.3) is 11.8 Å². The van der Waals surface area contributed by atoms with Gasteiger partial charge in [-0.1, -0.05) is 6.92 Å². The van der Waals surface area contributed by atoms with Gasteiger partial charge in [-0.05, 0) is 37.1 Å². The zero-order valence-electron chi connectivity index (χ0n) is 17.1. The molecule has 0 atom stereocenters. The normalized spacial score (nSPS) is 14.1. The predicted octanol–water partition coefficient (Wildman–Crippen LogP) is 1.87. The van der Waals surface area contributed by atoms with Crippen molar-refractivity contribution in [3.05, 3.63) is 47.9 Å². The molecule has 0 spiro atoms. The number of aromatic nitrogens is 2. The van der Waals surface area contributed by atoms with E-state index in [1.54, 1.807) is 31.4 Å². The summed E-state index contributed by atoms with van der Waals surface area (Å²) in [5.41, 5.74) is 0.451. The minimum atomic E-state index is -0.409. The molecule has 1 aromatic carbocycles. The minimum Gasteiger partial charge on any atom is -0.497 e. The number of anilines is 1. The molecule has 2 heterocycles. The van der Waals surface area contributed by atoms with Gasteiger partial charge in [0.2, 0.25) is 5.91 Å². The van der Waals surface area contributed by atoms with Crippen molar-refractivity contribution in [3.63, 3.8) is 0 Å². The summed E-state index contributed by atoms with van der Waals surface area (Å²) in [6, 6.07) is 6.53. The average Bonchev–Trinajstić information content (AvgIpc) is 2.79. The van der Waals surface area contributed by atoms with Crippen molar-refractivity contribution < 1.29 is 19.1 Å². The molecule has 0 aliphatic carbocycles. The molecule has 30 heavy (non-hydrogen) atoms. The molecule has 3 rings (SSSR count). The highest BCUT2D eigenvalue weighted by Gasteiger charge is 2.25. The van der Waals surface area contributed by atoms with Gasteiger partial charge in [0.1, 0.15) is 5.75 Å². The third kappa shape index (κ3) is 5.11. The number of nitrogens with one attached hydrogen (secondary N) is 2. The molecule has 3 amide bonds. The summed E-state index contributed by atoms with van der Waals surface area (Å²) in [4.78, 5) is 47.1. The Morgan fingerprint density at radius 2 is 1.73 bits per heavy atom. The van der Waals surface area contributed by atoms with Crippen LogP contribution in [0.4, 0.5) is 5.82 Å². The Hall–Kier alpha value is -3.49. The van der Waals surface area contributed by atoms with Gasteiger partial charge in [-0.3, -0.25) is 14.4 Å². The minimum absolute atomic E-state index is 0.0476. The van der Waals surface area contributed by atoms with Crippen LogP contribution in [0, 0.1) is 0 Å². The van der Waals surface area contributed by atoms with Gasteiger partial charge in [0.05, 0.1) is 7.11 Å². The molecule has 1 aromatic heterocycles. The molecule has 1 aliphatic rings. The van der Waals surface area contributed by atoms with Crippen LogP contribution in [0.2, 0.25) is 0 Å². The van der Waals surface area contributed by atoms with Crippen LogP contribution in [0.25, 0.3) is 0 Å². The first-order chi connectivity index (χ1) is 14.5.